The van der Waals surface area contributed by atoms with Crippen molar-refractivity contribution in [1.82, 2.24) is 0 Å². The second-order valence-corrected chi connectivity index (χ2v) is 6.11. The van der Waals surface area contributed by atoms with Gasteiger partial charge >= 0.3 is 12.1 Å². The summed E-state index contributed by atoms with van der Waals surface area (Å²) in [5.41, 5.74) is -1.06. The Morgan fingerprint density at radius 1 is 1.29 bits per heavy atom. The van der Waals surface area contributed by atoms with E-state index in [2.05, 4.69) is 6.58 Å². The number of ether oxygens (including phenoxy) is 1. The van der Waals surface area contributed by atoms with Crippen LogP contribution in [0.1, 0.15) is 44.2 Å². The molecule has 0 spiro atoms. The molecule has 1 aromatic carbocycles. The summed E-state index contributed by atoms with van der Waals surface area (Å²) in [6, 6.07) is 4.09. The van der Waals surface area contributed by atoms with E-state index < -0.39 is 29.8 Å². The van der Waals surface area contributed by atoms with Crippen LogP contribution in [0.15, 0.2) is 24.8 Å². The van der Waals surface area contributed by atoms with E-state index in [9.17, 15) is 22.4 Å². The molecule has 2 nitrogen and oxygen atoms in total. The van der Waals surface area contributed by atoms with Crippen LogP contribution in [0.25, 0.3) is 5.57 Å². The molecular formula is C18H22F4O2. The molecule has 0 radical (unpaired) electrons. The van der Waals surface area contributed by atoms with Crippen LogP contribution in [0, 0.1) is 18.2 Å². The fraction of sp³-hybridized carbons (Fsp3) is 0.500. The molecule has 0 heterocycles. The second-order valence-electron chi connectivity index (χ2n) is 6.11. The summed E-state index contributed by atoms with van der Waals surface area (Å²) in [4.78, 5) is 11.4. The predicted octanol–water partition coefficient (Wildman–Crippen LogP) is 5.45. The quantitative estimate of drug-likeness (QED) is 0.485. The van der Waals surface area contributed by atoms with Gasteiger partial charge in [-0.15, -0.1) is 0 Å². The number of hydrogen-bond donors (Lipinski definition) is 0. The Bertz CT molecular complexity index is 608. The molecule has 0 fully saturated rings. The SMILES string of the molecule is C=C(CC(C)(CCC(=O)OCC)C(F)(F)F)c1ccc(F)c(C)c1. The van der Waals surface area contributed by atoms with Crippen LogP contribution < -0.4 is 0 Å². The van der Waals surface area contributed by atoms with Crippen LogP contribution in [0.2, 0.25) is 0 Å². The van der Waals surface area contributed by atoms with Crippen molar-refractivity contribution < 1.29 is 27.1 Å². The Morgan fingerprint density at radius 3 is 2.42 bits per heavy atom. The number of esters is 1. The van der Waals surface area contributed by atoms with Gasteiger partial charge in [-0.3, -0.25) is 4.79 Å². The lowest BCUT2D eigenvalue weighted by atomic mass is 9.77. The van der Waals surface area contributed by atoms with Crippen molar-refractivity contribution in [2.75, 3.05) is 6.61 Å². The Hall–Kier alpha value is -1.85. The highest BCUT2D eigenvalue weighted by Crippen LogP contribution is 2.47. The minimum atomic E-state index is -4.50. The van der Waals surface area contributed by atoms with Gasteiger partial charge in [0.05, 0.1) is 12.0 Å². The molecule has 134 valence electrons. The van der Waals surface area contributed by atoms with Gasteiger partial charge in [-0.1, -0.05) is 19.6 Å². The number of alkyl halides is 3. The van der Waals surface area contributed by atoms with Crippen molar-refractivity contribution in [2.45, 2.75) is 46.2 Å². The van der Waals surface area contributed by atoms with E-state index in [1.54, 1.807) is 6.92 Å². The maximum atomic E-state index is 13.5. The number of carbonyl (C=O) groups excluding carboxylic acids is 1. The van der Waals surface area contributed by atoms with Gasteiger partial charge in [0.2, 0.25) is 0 Å². The van der Waals surface area contributed by atoms with Gasteiger partial charge in [0.25, 0.3) is 0 Å². The molecular weight excluding hydrogens is 324 g/mol. The van der Waals surface area contributed by atoms with Gasteiger partial charge in [0.15, 0.2) is 0 Å². The molecule has 1 rings (SSSR count). The molecule has 0 N–H and O–H groups in total. The van der Waals surface area contributed by atoms with Crippen molar-refractivity contribution in [2.24, 2.45) is 5.41 Å². The molecule has 0 aliphatic heterocycles. The lowest BCUT2D eigenvalue weighted by Crippen LogP contribution is -2.36. The highest BCUT2D eigenvalue weighted by molar-refractivity contribution is 5.69. The molecule has 0 saturated carbocycles. The van der Waals surface area contributed by atoms with E-state index in [0.717, 1.165) is 6.92 Å². The average molecular weight is 346 g/mol. The summed E-state index contributed by atoms with van der Waals surface area (Å²) in [5, 5.41) is 0. The number of hydrogen-bond acceptors (Lipinski definition) is 2. The van der Waals surface area contributed by atoms with Gasteiger partial charge in [-0.25, -0.2) is 4.39 Å². The largest absolute Gasteiger partial charge is 0.466 e. The molecule has 0 bridgehead atoms. The number of benzene rings is 1. The third-order valence-corrected chi connectivity index (χ3v) is 4.04. The molecule has 1 atom stereocenters. The van der Waals surface area contributed by atoms with Crippen LogP contribution in [0.3, 0.4) is 0 Å². The summed E-state index contributed by atoms with van der Waals surface area (Å²) in [6.07, 6.45) is -5.59. The van der Waals surface area contributed by atoms with Crippen LogP contribution >= 0.6 is 0 Å². The minimum Gasteiger partial charge on any atom is -0.466 e. The summed E-state index contributed by atoms with van der Waals surface area (Å²) in [7, 11) is 0. The fourth-order valence-electron chi connectivity index (χ4n) is 2.38. The van der Waals surface area contributed by atoms with Crippen molar-refractivity contribution in [3.8, 4) is 0 Å². The number of rotatable bonds is 7. The summed E-state index contributed by atoms with van der Waals surface area (Å²) in [6.45, 7) is 8.04. The molecule has 0 aliphatic carbocycles. The van der Waals surface area contributed by atoms with Gasteiger partial charge in [0.1, 0.15) is 5.82 Å². The van der Waals surface area contributed by atoms with E-state index in [-0.39, 0.29) is 25.0 Å². The minimum absolute atomic E-state index is 0.128. The number of aryl methyl sites for hydroxylation is 1. The molecule has 0 aromatic heterocycles. The van der Waals surface area contributed by atoms with Crippen LogP contribution in [0.5, 0.6) is 0 Å². The Morgan fingerprint density at radius 2 is 1.92 bits per heavy atom. The lowest BCUT2D eigenvalue weighted by molar-refractivity contribution is -0.219. The third-order valence-electron chi connectivity index (χ3n) is 4.04. The van der Waals surface area contributed by atoms with Gasteiger partial charge in [0, 0.05) is 6.42 Å². The maximum Gasteiger partial charge on any atom is 0.394 e. The first-order valence-corrected chi connectivity index (χ1v) is 7.67. The topological polar surface area (TPSA) is 26.3 Å². The zero-order valence-electron chi connectivity index (χ0n) is 14.1. The third kappa shape index (κ3) is 5.08. The van der Waals surface area contributed by atoms with Crippen molar-refractivity contribution in [3.05, 3.63) is 41.7 Å². The molecule has 0 saturated heterocycles. The monoisotopic (exact) mass is 346 g/mol. The molecule has 24 heavy (non-hydrogen) atoms. The summed E-state index contributed by atoms with van der Waals surface area (Å²) < 4.78 is 58.5. The molecule has 0 aliphatic rings. The van der Waals surface area contributed by atoms with Crippen molar-refractivity contribution in [3.63, 3.8) is 0 Å². The van der Waals surface area contributed by atoms with E-state index in [4.69, 9.17) is 4.74 Å². The van der Waals surface area contributed by atoms with Crippen LogP contribution in [-0.4, -0.2) is 18.8 Å². The first kappa shape index (κ1) is 20.2. The zero-order chi connectivity index (χ0) is 18.5. The zero-order valence-corrected chi connectivity index (χ0v) is 14.1. The van der Waals surface area contributed by atoms with Crippen molar-refractivity contribution >= 4 is 11.5 Å². The summed E-state index contributed by atoms with van der Waals surface area (Å²) in [5.74, 6) is -1.08. The summed E-state index contributed by atoms with van der Waals surface area (Å²) >= 11 is 0. The number of carbonyl (C=O) groups is 1. The van der Waals surface area contributed by atoms with Crippen LogP contribution in [0.4, 0.5) is 17.6 Å². The Balaban J connectivity index is 2.94. The maximum absolute atomic E-state index is 13.5. The lowest BCUT2D eigenvalue weighted by Gasteiger charge is -2.32. The van der Waals surface area contributed by atoms with E-state index in [1.807, 2.05) is 0 Å². The molecule has 6 heteroatoms. The Kier molecular flexibility index (Phi) is 6.58. The average Bonchev–Trinajstić information content (AvgIpc) is 2.47. The van der Waals surface area contributed by atoms with Crippen molar-refractivity contribution in [1.29, 1.82) is 0 Å². The Labute approximate surface area is 139 Å². The smallest absolute Gasteiger partial charge is 0.394 e. The first-order chi connectivity index (χ1) is 11.0. The predicted molar refractivity (Wildman–Crippen MR) is 84.8 cm³/mol. The number of allylic oxidation sites excluding steroid dienone is 1. The normalized spacial score (nSPS) is 14.1. The molecule has 1 unspecified atom stereocenters. The standard InChI is InChI=1S/C18H22F4O2/c1-5-24-16(23)8-9-17(4,18(20,21)22)11-13(3)14-6-7-15(19)12(2)10-14/h6-7,10H,3,5,8-9,11H2,1-2,4H3. The molecule has 1 aromatic rings. The van der Waals surface area contributed by atoms with Gasteiger partial charge in [-0.2, -0.15) is 13.2 Å². The van der Waals surface area contributed by atoms with Gasteiger partial charge < -0.3 is 4.74 Å². The second kappa shape index (κ2) is 7.81. The van der Waals surface area contributed by atoms with E-state index >= 15 is 0 Å². The van der Waals surface area contributed by atoms with Gasteiger partial charge in [-0.05, 0) is 55.5 Å². The number of halogens is 4. The van der Waals surface area contributed by atoms with E-state index in [1.165, 1.54) is 25.1 Å². The fourth-order valence-corrected chi connectivity index (χ4v) is 2.38. The first-order valence-electron chi connectivity index (χ1n) is 7.67. The molecule has 0 amide bonds. The van der Waals surface area contributed by atoms with Crippen LogP contribution in [-0.2, 0) is 9.53 Å². The highest BCUT2D eigenvalue weighted by Gasteiger charge is 2.50. The van der Waals surface area contributed by atoms with E-state index in [0.29, 0.717) is 11.1 Å². The highest BCUT2D eigenvalue weighted by atomic mass is 19.4.